The molecule has 0 amide bonds. The van der Waals surface area contributed by atoms with Gasteiger partial charge in [-0.2, -0.15) is 0 Å². The van der Waals surface area contributed by atoms with E-state index in [-0.39, 0.29) is 0 Å². The molecule has 1 aliphatic carbocycles. The molecule has 0 radical (unpaired) electrons. The first-order chi connectivity index (χ1) is 9.75. The molecule has 0 bridgehead atoms. The number of aliphatic hydroxyl groups excluding tert-OH is 1. The summed E-state index contributed by atoms with van der Waals surface area (Å²) >= 11 is 0. The molecule has 1 N–H and O–H groups in total. The summed E-state index contributed by atoms with van der Waals surface area (Å²) in [7, 11) is 0. The van der Waals surface area contributed by atoms with Crippen molar-refractivity contribution in [2.24, 2.45) is 0 Å². The van der Waals surface area contributed by atoms with E-state index in [4.69, 9.17) is 0 Å². The molecule has 104 valence electrons. The number of fused-ring (bicyclic) bond motifs is 1. The van der Waals surface area contributed by atoms with Crippen LogP contribution in [0.1, 0.15) is 53.5 Å². The van der Waals surface area contributed by atoms with Crippen LogP contribution in [0.5, 0.6) is 0 Å². The van der Waals surface area contributed by atoms with Gasteiger partial charge in [0.25, 0.3) is 0 Å². The number of benzene rings is 1. The molecule has 2 aromatic rings. The zero-order valence-electron chi connectivity index (χ0n) is 11.9. The van der Waals surface area contributed by atoms with Gasteiger partial charge >= 0.3 is 0 Å². The molecular formula is C18H21NO. The van der Waals surface area contributed by atoms with E-state index < -0.39 is 6.10 Å². The predicted molar refractivity (Wildman–Crippen MR) is 80.7 cm³/mol. The van der Waals surface area contributed by atoms with Gasteiger partial charge in [0.05, 0.1) is 6.10 Å². The highest BCUT2D eigenvalue weighted by Crippen LogP contribution is 2.37. The first-order valence-corrected chi connectivity index (χ1v) is 7.42. The first kappa shape index (κ1) is 13.3. The third kappa shape index (κ3) is 2.61. The van der Waals surface area contributed by atoms with E-state index in [2.05, 4.69) is 29.2 Å². The molecule has 0 saturated heterocycles. The molecule has 0 spiro atoms. The summed E-state index contributed by atoms with van der Waals surface area (Å²) in [4.78, 5) is 4.10. The summed E-state index contributed by atoms with van der Waals surface area (Å²) in [5.41, 5.74) is 4.99. The van der Waals surface area contributed by atoms with Crippen molar-refractivity contribution in [1.82, 2.24) is 4.98 Å². The Labute approximate surface area is 120 Å². The lowest BCUT2D eigenvalue weighted by Crippen LogP contribution is -2.13. The van der Waals surface area contributed by atoms with E-state index >= 15 is 0 Å². The van der Waals surface area contributed by atoms with Crippen LogP contribution in [0, 0.1) is 6.92 Å². The lowest BCUT2D eigenvalue weighted by molar-refractivity contribution is 0.153. The second kappa shape index (κ2) is 5.76. The zero-order valence-corrected chi connectivity index (χ0v) is 11.9. The summed E-state index contributed by atoms with van der Waals surface area (Å²) in [5, 5.41) is 10.6. The topological polar surface area (TPSA) is 33.1 Å². The maximum absolute atomic E-state index is 10.6. The molecular weight excluding hydrogens is 246 g/mol. The number of nitrogens with zero attached hydrogens (tertiary/aromatic N) is 1. The van der Waals surface area contributed by atoms with E-state index in [0.29, 0.717) is 5.92 Å². The minimum atomic E-state index is -0.394. The van der Waals surface area contributed by atoms with Crippen molar-refractivity contribution in [1.29, 1.82) is 0 Å². The number of aromatic nitrogens is 1. The van der Waals surface area contributed by atoms with Gasteiger partial charge in [-0.1, -0.05) is 24.3 Å². The molecule has 2 unspecified atom stereocenters. The minimum Gasteiger partial charge on any atom is -0.388 e. The number of aliphatic hydroxyl groups is 1. The number of rotatable bonds is 3. The molecule has 2 heteroatoms. The molecule has 1 aliphatic rings. The molecule has 3 rings (SSSR count). The average molecular weight is 267 g/mol. The Bertz CT molecular complexity index is 593. The lowest BCUT2D eigenvalue weighted by atomic mass is 9.79. The molecule has 0 saturated carbocycles. The standard InChI is InChI=1S/C18H21NO/c1-13-12-19-10-9-16(13)18(20)11-15-7-4-6-14-5-2-3-8-17(14)15/h2-3,5,8-10,12,15,18,20H,4,6-7,11H2,1H3. The SMILES string of the molecule is Cc1cnccc1C(O)CC1CCCc2ccccc21. The second-order valence-electron chi connectivity index (χ2n) is 5.77. The smallest absolute Gasteiger partial charge is 0.0799 e. The number of pyridine rings is 1. The highest BCUT2D eigenvalue weighted by atomic mass is 16.3. The van der Waals surface area contributed by atoms with Crippen LogP contribution in [0.3, 0.4) is 0 Å². The molecule has 1 aromatic heterocycles. The largest absolute Gasteiger partial charge is 0.388 e. The molecule has 20 heavy (non-hydrogen) atoms. The van der Waals surface area contributed by atoms with Gasteiger partial charge in [-0.15, -0.1) is 0 Å². The quantitative estimate of drug-likeness (QED) is 0.914. The van der Waals surface area contributed by atoms with Crippen LogP contribution >= 0.6 is 0 Å². The Balaban J connectivity index is 1.81. The van der Waals surface area contributed by atoms with Crippen molar-refractivity contribution in [3.05, 3.63) is 65.0 Å². The van der Waals surface area contributed by atoms with Crippen LogP contribution in [0.15, 0.2) is 42.7 Å². The number of hydrogen-bond donors (Lipinski definition) is 1. The fraction of sp³-hybridized carbons (Fsp3) is 0.389. The van der Waals surface area contributed by atoms with Gasteiger partial charge in [0.1, 0.15) is 0 Å². The third-order valence-electron chi connectivity index (χ3n) is 4.42. The second-order valence-corrected chi connectivity index (χ2v) is 5.77. The lowest BCUT2D eigenvalue weighted by Gasteiger charge is -2.27. The van der Waals surface area contributed by atoms with Crippen LogP contribution in [-0.2, 0) is 6.42 Å². The van der Waals surface area contributed by atoms with Crippen molar-refractivity contribution in [2.45, 2.75) is 44.6 Å². The van der Waals surface area contributed by atoms with Crippen LogP contribution in [0.4, 0.5) is 0 Å². The third-order valence-corrected chi connectivity index (χ3v) is 4.42. The van der Waals surface area contributed by atoms with E-state index in [9.17, 15) is 5.11 Å². The summed E-state index contributed by atoms with van der Waals surface area (Å²) in [6.45, 7) is 2.01. The molecule has 2 atom stereocenters. The Morgan fingerprint density at radius 2 is 2.15 bits per heavy atom. The van der Waals surface area contributed by atoms with Gasteiger partial charge in [0.15, 0.2) is 0 Å². The van der Waals surface area contributed by atoms with Crippen molar-refractivity contribution in [2.75, 3.05) is 0 Å². The van der Waals surface area contributed by atoms with E-state index in [1.54, 1.807) is 6.20 Å². The monoisotopic (exact) mass is 267 g/mol. The maximum Gasteiger partial charge on any atom is 0.0799 e. The number of aryl methyl sites for hydroxylation is 2. The van der Waals surface area contributed by atoms with E-state index in [0.717, 1.165) is 17.5 Å². The Morgan fingerprint density at radius 3 is 3.00 bits per heavy atom. The first-order valence-electron chi connectivity index (χ1n) is 7.42. The summed E-state index contributed by atoms with van der Waals surface area (Å²) in [5.74, 6) is 0.475. The fourth-order valence-corrected chi connectivity index (χ4v) is 3.35. The van der Waals surface area contributed by atoms with Gasteiger partial charge in [0, 0.05) is 12.4 Å². The highest BCUT2D eigenvalue weighted by molar-refractivity contribution is 5.33. The van der Waals surface area contributed by atoms with Crippen LogP contribution in [0.2, 0.25) is 0 Å². The highest BCUT2D eigenvalue weighted by Gasteiger charge is 2.23. The average Bonchev–Trinajstić information content (AvgIpc) is 2.48. The van der Waals surface area contributed by atoms with Gasteiger partial charge in [-0.05, 0) is 66.8 Å². The van der Waals surface area contributed by atoms with E-state index in [1.807, 2.05) is 19.2 Å². The van der Waals surface area contributed by atoms with Gasteiger partial charge in [0.2, 0.25) is 0 Å². The van der Waals surface area contributed by atoms with Crippen molar-refractivity contribution < 1.29 is 5.11 Å². The maximum atomic E-state index is 10.6. The van der Waals surface area contributed by atoms with Gasteiger partial charge < -0.3 is 5.11 Å². The molecule has 1 aromatic carbocycles. The molecule has 2 nitrogen and oxygen atoms in total. The van der Waals surface area contributed by atoms with Crippen molar-refractivity contribution >= 4 is 0 Å². The summed E-state index contributed by atoms with van der Waals surface area (Å²) in [6.07, 6.45) is 7.59. The van der Waals surface area contributed by atoms with Gasteiger partial charge in [-0.25, -0.2) is 0 Å². The van der Waals surface area contributed by atoms with Crippen LogP contribution < -0.4 is 0 Å². The van der Waals surface area contributed by atoms with Crippen molar-refractivity contribution in [3.8, 4) is 0 Å². The van der Waals surface area contributed by atoms with Crippen molar-refractivity contribution in [3.63, 3.8) is 0 Å². The fourth-order valence-electron chi connectivity index (χ4n) is 3.35. The Hall–Kier alpha value is -1.67. The van der Waals surface area contributed by atoms with Crippen LogP contribution in [0.25, 0.3) is 0 Å². The number of hydrogen-bond acceptors (Lipinski definition) is 2. The minimum absolute atomic E-state index is 0.394. The summed E-state index contributed by atoms with van der Waals surface area (Å²) in [6, 6.07) is 10.6. The normalized spacial score (nSPS) is 19.4. The molecule has 1 heterocycles. The van der Waals surface area contributed by atoms with E-state index in [1.165, 1.54) is 30.4 Å². The molecule has 0 fully saturated rings. The predicted octanol–water partition coefficient (Wildman–Crippen LogP) is 3.93. The van der Waals surface area contributed by atoms with Crippen LogP contribution in [-0.4, -0.2) is 10.1 Å². The Morgan fingerprint density at radius 1 is 1.30 bits per heavy atom. The Kier molecular flexibility index (Phi) is 3.83. The van der Waals surface area contributed by atoms with Gasteiger partial charge in [-0.3, -0.25) is 4.98 Å². The zero-order chi connectivity index (χ0) is 13.9. The summed E-state index contributed by atoms with van der Waals surface area (Å²) < 4.78 is 0. The molecule has 0 aliphatic heterocycles.